The summed E-state index contributed by atoms with van der Waals surface area (Å²) in [5, 5.41) is 0. The minimum atomic E-state index is -0.222. The van der Waals surface area contributed by atoms with Crippen LogP contribution in [0.2, 0.25) is 4.34 Å². The van der Waals surface area contributed by atoms with Crippen LogP contribution >= 0.6 is 22.9 Å². The number of hydrogen-bond donors (Lipinski definition) is 1. The second-order valence-corrected chi connectivity index (χ2v) is 6.29. The summed E-state index contributed by atoms with van der Waals surface area (Å²) in [7, 11) is 2.00. The van der Waals surface area contributed by atoms with E-state index in [1.165, 1.54) is 10.9 Å². The van der Waals surface area contributed by atoms with E-state index in [2.05, 4.69) is 4.90 Å². The maximum atomic E-state index is 13.3. The van der Waals surface area contributed by atoms with Gasteiger partial charge < -0.3 is 5.73 Å². The second-order valence-electron chi connectivity index (χ2n) is 4.50. The molecule has 0 fully saturated rings. The zero-order valence-electron chi connectivity index (χ0n) is 10.7. The Labute approximate surface area is 121 Å². The number of hydrogen-bond acceptors (Lipinski definition) is 3. The normalized spacial score (nSPS) is 11.2. The van der Waals surface area contributed by atoms with Crippen LogP contribution in [0.3, 0.4) is 0 Å². The van der Waals surface area contributed by atoms with Crippen molar-refractivity contribution in [3.8, 4) is 0 Å². The van der Waals surface area contributed by atoms with Crippen molar-refractivity contribution in [2.45, 2.75) is 19.6 Å². The molecule has 0 amide bonds. The van der Waals surface area contributed by atoms with Crippen LogP contribution in [-0.4, -0.2) is 11.9 Å². The van der Waals surface area contributed by atoms with Gasteiger partial charge in [0.25, 0.3) is 0 Å². The first-order valence-electron chi connectivity index (χ1n) is 5.98. The van der Waals surface area contributed by atoms with Crippen molar-refractivity contribution in [3.63, 3.8) is 0 Å². The van der Waals surface area contributed by atoms with Gasteiger partial charge in [0.1, 0.15) is 5.82 Å². The fraction of sp³-hybridized carbons (Fsp3) is 0.286. The molecular weight excluding hydrogens is 283 g/mol. The first-order chi connectivity index (χ1) is 9.08. The van der Waals surface area contributed by atoms with Gasteiger partial charge in [-0.15, -0.1) is 11.3 Å². The predicted molar refractivity (Wildman–Crippen MR) is 78.8 cm³/mol. The topological polar surface area (TPSA) is 29.3 Å². The van der Waals surface area contributed by atoms with E-state index in [1.54, 1.807) is 23.5 Å². The average Bonchev–Trinajstić information content (AvgIpc) is 2.75. The molecular formula is C14H16ClFN2S. The third kappa shape index (κ3) is 4.01. The summed E-state index contributed by atoms with van der Waals surface area (Å²) in [4.78, 5) is 3.31. The Morgan fingerprint density at radius 1 is 1.21 bits per heavy atom. The van der Waals surface area contributed by atoms with Crippen LogP contribution in [0.5, 0.6) is 0 Å². The van der Waals surface area contributed by atoms with E-state index in [9.17, 15) is 4.39 Å². The smallest absolute Gasteiger partial charge is 0.123 e. The van der Waals surface area contributed by atoms with Gasteiger partial charge >= 0.3 is 0 Å². The summed E-state index contributed by atoms with van der Waals surface area (Å²) in [6, 6.07) is 8.66. The molecule has 0 radical (unpaired) electrons. The van der Waals surface area contributed by atoms with Crippen molar-refractivity contribution < 1.29 is 4.39 Å². The van der Waals surface area contributed by atoms with Crippen LogP contribution in [0.4, 0.5) is 4.39 Å². The van der Waals surface area contributed by atoms with Crippen LogP contribution in [-0.2, 0) is 19.6 Å². The predicted octanol–water partition coefficient (Wildman–Crippen LogP) is 3.63. The zero-order valence-corrected chi connectivity index (χ0v) is 12.3. The van der Waals surface area contributed by atoms with Crippen LogP contribution in [0, 0.1) is 5.82 Å². The Bertz CT molecular complexity index is 556. The van der Waals surface area contributed by atoms with Gasteiger partial charge in [0.15, 0.2) is 0 Å². The number of rotatable bonds is 5. The van der Waals surface area contributed by atoms with Gasteiger partial charge in [-0.3, -0.25) is 4.90 Å². The van der Waals surface area contributed by atoms with E-state index < -0.39 is 0 Å². The van der Waals surface area contributed by atoms with Crippen molar-refractivity contribution in [2.75, 3.05) is 7.05 Å². The molecule has 0 bridgehead atoms. The molecule has 0 unspecified atom stereocenters. The van der Waals surface area contributed by atoms with E-state index >= 15 is 0 Å². The van der Waals surface area contributed by atoms with Gasteiger partial charge in [0.2, 0.25) is 0 Å². The van der Waals surface area contributed by atoms with Crippen molar-refractivity contribution in [1.29, 1.82) is 0 Å². The Morgan fingerprint density at radius 3 is 2.63 bits per heavy atom. The highest BCUT2D eigenvalue weighted by molar-refractivity contribution is 7.16. The molecule has 0 aliphatic rings. The number of halogens is 2. The molecule has 0 aliphatic heterocycles. The maximum absolute atomic E-state index is 13.3. The molecule has 2 rings (SSSR count). The summed E-state index contributed by atoms with van der Waals surface area (Å²) >= 11 is 7.47. The molecule has 0 saturated heterocycles. The molecule has 0 saturated carbocycles. The molecule has 2 nitrogen and oxygen atoms in total. The second kappa shape index (κ2) is 6.48. The standard InChI is InChI=1S/C14H16ClFN2S/c1-18(9-13-4-5-14(15)19-13)8-11-6-12(16)3-2-10(11)7-17/h2-6H,7-9,17H2,1H3. The highest BCUT2D eigenvalue weighted by Crippen LogP contribution is 2.23. The molecule has 102 valence electrons. The summed E-state index contributed by atoms with van der Waals surface area (Å²) in [6.45, 7) is 1.88. The molecule has 0 aliphatic carbocycles. The Morgan fingerprint density at radius 2 is 2.00 bits per heavy atom. The summed E-state index contributed by atoms with van der Waals surface area (Å²) in [6.07, 6.45) is 0. The quantitative estimate of drug-likeness (QED) is 0.913. The Kier molecular flexibility index (Phi) is 4.93. The third-order valence-corrected chi connectivity index (χ3v) is 4.10. The molecule has 1 heterocycles. The van der Waals surface area contributed by atoms with Crippen LogP contribution in [0.1, 0.15) is 16.0 Å². The lowest BCUT2D eigenvalue weighted by Crippen LogP contribution is -2.18. The lowest BCUT2D eigenvalue weighted by Gasteiger charge is -2.18. The number of nitrogens with two attached hydrogens (primary N) is 1. The highest BCUT2D eigenvalue weighted by atomic mass is 35.5. The largest absolute Gasteiger partial charge is 0.326 e. The molecule has 19 heavy (non-hydrogen) atoms. The molecule has 1 aromatic heterocycles. The van der Waals surface area contributed by atoms with Crippen molar-refractivity contribution in [2.24, 2.45) is 5.73 Å². The van der Waals surface area contributed by atoms with Crippen LogP contribution < -0.4 is 5.73 Å². The number of thiophene rings is 1. The minimum absolute atomic E-state index is 0.222. The van der Waals surface area contributed by atoms with Crippen LogP contribution in [0.25, 0.3) is 0 Å². The molecule has 0 atom stereocenters. The Hall–Kier alpha value is -0.940. The number of nitrogens with zero attached hydrogens (tertiary/aromatic N) is 1. The van der Waals surface area contributed by atoms with E-state index in [0.717, 1.165) is 22.0 Å². The van der Waals surface area contributed by atoms with E-state index in [-0.39, 0.29) is 5.82 Å². The molecule has 5 heteroatoms. The van der Waals surface area contributed by atoms with Gasteiger partial charge in [-0.2, -0.15) is 0 Å². The van der Waals surface area contributed by atoms with Gasteiger partial charge in [0.05, 0.1) is 4.34 Å². The van der Waals surface area contributed by atoms with Crippen molar-refractivity contribution >= 4 is 22.9 Å². The lowest BCUT2D eigenvalue weighted by atomic mass is 10.1. The summed E-state index contributed by atoms with van der Waals surface area (Å²) in [5.74, 6) is -0.222. The van der Waals surface area contributed by atoms with Gasteiger partial charge in [0, 0.05) is 24.5 Å². The Balaban J connectivity index is 2.05. The zero-order chi connectivity index (χ0) is 13.8. The first-order valence-corrected chi connectivity index (χ1v) is 7.18. The van der Waals surface area contributed by atoms with E-state index in [1.807, 2.05) is 19.2 Å². The minimum Gasteiger partial charge on any atom is -0.326 e. The molecule has 1 aromatic carbocycles. The number of benzene rings is 1. The molecule has 2 N–H and O–H groups in total. The lowest BCUT2D eigenvalue weighted by molar-refractivity contribution is 0.320. The average molecular weight is 299 g/mol. The van der Waals surface area contributed by atoms with Gasteiger partial charge in [-0.05, 0) is 42.4 Å². The summed E-state index contributed by atoms with van der Waals surface area (Å²) < 4.78 is 14.1. The monoisotopic (exact) mass is 298 g/mol. The van der Waals surface area contributed by atoms with Gasteiger partial charge in [-0.25, -0.2) is 4.39 Å². The van der Waals surface area contributed by atoms with E-state index in [4.69, 9.17) is 17.3 Å². The fourth-order valence-corrected chi connectivity index (χ4v) is 3.16. The third-order valence-electron chi connectivity index (χ3n) is 2.88. The molecule has 0 spiro atoms. The maximum Gasteiger partial charge on any atom is 0.123 e. The SMILES string of the molecule is CN(Cc1ccc(Cl)s1)Cc1cc(F)ccc1CN. The highest BCUT2D eigenvalue weighted by Gasteiger charge is 2.08. The molecule has 2 aromatic rings. The van der Waals surface area contributed by atoms with Crippen LogP contribution in [0.15, 0.2) is 30.3 Å². The fourth-order valence-electron chi connectivity index (χ4n) is 1.99. The van der Waals surface area contributed by atoms with Crippen molar-refractivity contribution in [1.82, 2.24) is 4.90 Å². The van der Waals surface area contributed by atoms with Gasteiger partial charge in [-0.1, -0.05) is 17.7 Å². The summed E-state index contributed by atoms with van der Waals surface area (Å²) in [5.41, 5.74) is 7.60. The van der Waals surface area contributed by atoms with E-state index in [0.29, 0.717) is 13.1 Å². The first kappa shape index (κ1) is 14.5. The van der Waals surface area contributed by atoms with Crippen molar-refractivity contribution in [3.05, 3.63) is 56.5 Å².